The Hall–Kier alpha value is -3.31. The number of anilines is 1. The summed E-state index contributed by atoms with van der Waals surface area (Å²) in [7, 11) is 0. The summed E-state index contributed by atoms with van der Waals surface area (Å²) < 4.78 is 5.81. The smallest absolute Gasteiger partial charge is 0.265 e. The predicted octanol–water partition coefficient (Wildman–Crippen LogP) is 5.63. The molecule has 160 valence electrons. The number of hydrogen-bond acceptors (Lipinski definition) is 3. The second kappa shape index (κ2) is 10.6. The molecule has 0 heterocycles. The molecule has 0 aliphatic carbocycles. The monoisotopic (exact) mass is 436 g/mol. The maximum atomic E-state index is 12.9. The number of halogens is 1. The lowest BCUT2D eigenvalue weighted by atomic mass is 10.1. The SMILES string of the molecule is CC[C@H](Oc1ccccc1Cl)C(=O)Nc1ccccc1C(=O)N[C@H](C)c1ccccc1. The lowest BCUT2D eigenvalue weighted by Gasteiger charge is -2.20. The lowest BCUT2D eigenvalue weighted by molar-refractivity contribution is -0.122. The highest BCUT2D eigenvalue weighted by molar-refractivity contribution is 6.32. The highest BCUT2D eigenvalue weighted by Gasteiger charge is 2.22. The number of ether oxygens (including phenoxy) is 1. The first kappa shape index (κ1) is 22.4. The van der Waals surface area contributed by atoms with Crippen molar-refractivity contribution in [3.8, 4) is 5.75 Å². The van der Waals surface area contributed by atoms with E-state index < -0.39 is 6.10 Å². The van der Waals surface area contributed by atoms with Gasteiger partial charge < -0.3 is 15.4 Å². The molecule has 0 aliphatic rings. The van der Waals surface area contributed by atoms with Gasteiger partial charge in [-0.2, -0.15) is 0 Å². The van der Waals surface area contributed by atoms with Crippen LogP contribution in [-0.4, -0.2) is 17.9 Å². The standard InChI is InChI=1S/C25H25ClN2O3/c1-3-22(31-23-16-10-8-14-20(23)26)25(30)28-21-15-9-7-13-19(21)24(29)27-17(2)18-11-5-4-6-12-18/h4-17,22H,3H2,1-2H3,(H,27,29)(H,28,30)/t17-,22+/m1/s1. The topological polar surface area (TPSA) is 67.4 Å². The number of nitrogens with one attached hydrogen (secondary N) is 2. The van der Waals surface area contributed by atoms with Crippen LogP contribution >= 0.6 is 11.6 Å². The average molecular weight is 437 g/mol. The van der Waals surface area contributed by atoms with Crippen molar-refractivity contribution in [1.29, 1.82) is 0 Å². The van der Waals surface area contributed by atoms with E-state index in [0.717, 1.165) is 5.56 Å². The van der Waals surface area contributed by atoms with Crippen LogP contribution in [0, 0.1) is 0 Å². The number of hydrogen-bond donors (Lipinski definition) is 2. The van der Waals surface area contributed by atoms with Crippen LogP contribution in [0.1, 0.15) is 42.2 Å². The Morgan fingerprint density at radius 2 is 1.58 bits per heavy atom. The summed E-state index contributed by atoms with van der Waals surface area (Å²) >= 11 is 6.15. The summed E-state index contributed by atoms with van der Waals surface area (Å²) in [4.78, 5) is 25.8. The summed E-state index contributed by atoms with van der Waals surface area (Å²) in [5, 5.41) is 6.24. The zero-order valence-corrected chi connectivity index (χ0v) is 18.2. The van der Waals surface area contributed by atoms with Crippen LogP contribution in [0.4, 0.5) is 5.69 Å². The van der Waals surface area contributed by atoms with Crippen molar-refractivity contribution in [2.45, 2.75) is 32.4 Å². The van der Waals surface area contributed by atoms with Gasteiger partial charge in [-0.05, 0) is 43.2 Å². The molecule has 2 N–H and O–H groups in total. The first-order valence-electron chi connectivity index (χ1n) is 10.2. The Balaban J connectivity index is 1.72. The zero-order chi connectivity index (χ0) is 22.2. The first-order valence-corrected chi connectivity index (χ1v) is 10.5. The van der Waals surface area contributed by atoms with Crippen molar-refractivity contribution in [1.82, 2.24) is 5.32 Å². The fourth-order valence-corrected chi connectivity index (χ4v) is 3.30. The second-order valence-electron chi connectivity index (χ2n) is 7.09. The van der Waals surface area contributed by atoms with Gasteiger partial charge in [0.15, 0.2) is 6.10 Å². The normalized spacial score (nSPS) is 12.5. The van der Waals surface area contributed by atoms with E-state index in [1.807, 2.05) is 44.2 Å². The molecule has 2 atom stereocenters. The van der Waals surface area contributed by atoms with Crippen LogP contribution in [-0.2, 0) is 4.79 Å². The van der Waals surface area contributed by atoms with Gasteiger partial charge in [0.05, 0.1) is 22.3 Å². The van der Waals surface area contributed by atoms with Crippen LogP contribution in [0.15, 0.2) is 78.9 Å². The van der Waals surface area contributed by atoms with Crippen molar-refractivity contribution < 1.29 is 14.3 Å². The van der Waals surface area contributed by atoms with Gasteiger partial charge in [-0.15, -0.1) is 0 Å². The summed E-state index contributed by atoms with van der Waals surface area (Å²) in [6.07, 6.45) is -0.310. The molecule has 0 aliphatic heterocycles. The molecule has 2 amide bonds. The molecule has 0 saturated carbocycles. The van der Waals surface area contributed by atoms with E-state index >= 15 is 0 Å². The molecule has 0 spiro atoms. The van der Waals surface area contributed by atoms with Gasteiger partial charge in [-0.1, -0.05) is 73.1 Å². The van der Waals surface area contributed by atoms with Gasteiger partial charge in [0.25, 0.3) is 11.8 Å². The summed E-state index contributed by atoms with van der Waals surface area (Å²) in [5.74, 6) is -0.181. The second-order valence-corrected chi connectivity index (χ2v) is 7.49. The molecule has 5 nitrogen and oxygen atoms in total. The van der Waals surface area contributed by atoms with Crippen LogP contribution in [0.5, 0.6) is 5.75 Å². The molecular weight excluding hydrogens is 412 g/mol. The third kappa shape index (κ3) is 5.86. The summed E-state index contributed by atoms with van der Waals surface area (Å²) in [5.41, 5.74) is 1.80. The van der Waals surface area contributed by atoms with Crippen LogP contribution in [0.2, 0.25) is 5.02 Å². The third-order valence-electron chi connectivity index (χ3n) is 4.85. The largest absolute Gasteiger partial charge is 0.479 e. The van der Waals surface area contributed by atoms with E-state index in [4.69, 9.17) is 16.3 Å². The Bertz CT molecular complexity index is 1040. The Morgan fingerprint density at radius 1 is 0.935 bits per heavy atom. The lowest BCUT2D eigenvalue weighted by Crippen LogP contribution is -2.34. The highest BCUT2D eigenvalue weighted by Crippen LogP contribution is 2.25. The van der Waals surface area contributed by atoms with Gasteiger partial charge in [-0.25, -0.2) is 0 Å². The minimum absolute atomic E-state index is 0.176. The Morgan fingerprint density at radius 3 is 2.29 bits per heavy atom. The summed E-state index contributed by atoms with van der Waals surface area (Å²) in [6, 6.07) is 23.4. The number of para-hydroxylation sites is 2. The molecule has 0 unspecified atom stereocenters. The van der Waals surface area contributed by atoms with Gasteiger partial charge in [0.2, 0.25) is 0 Å². The number of carbonyl (C=O) groups excluding carboxylic acids is 2. The van der Waals surface area contributed by atoms with Crippen LogP contribution < -0.4 is 15.4 Å². The van der Waals surface area contributed by atoms with E-state index in [9.17, 15) is 9.59 Å². The molecule has 3 rings (SSSR count). The fourth-order valence-electron chi connectivity index (χ4n) is 3.12. The van der Waals surface area contributed by atoms with Crippen molar-refractivity contribution >= 4 is 29.1 Å². The highest BCUT2D eigenvalue weighted by atomic mass is 35.5. The van der Waals surface area contributed by atoms with E-state index in [0.29, 0.717) is 28.4 Å². The Labute approximate surface area is 187 Å². The van der Waals surface area contributed by atoms with Crippen molar-refractivity contribution in [3.05, 3.63) is 95.0 Å². The van der Waals surface area contributed by atoms with Gasteiger partial charge in [0.1, 0.15) is 5.75 Å². The van der Waals surface area contributed by atoms with Gasteiger partial charge in [0, 0.05) is 0 Å². The van der Waals surface area contributed by atoms with Crippen molar-refractivity contribution in [3.63, 3.8) is 0 Å². The molecule has 0 radical (unpaired) electrons. The van der Waals surface area contributed by atoms with Crippen molar-refractivity contribution in [2.24, 2.45) is 0 Å². The quantitative estimate of drug-likeness (QED) is 0.481. The van der Waals surface area contributed by atoms with Crippen LogP contribution in [0.25, 0.3) is 0 Å². The number of carbonyl (C=O) groups is 2. The van der Waals surface area contributed by atoms with E-state index in [1.165, 1.54) is 0 Å². The predicted molar refractivity (Wildman–Crippen MR) is 124 cm³/mol. The molecule has 31 heavy (non-hydrogen) atoms. The first-order chi connectivity index (χ1) is 15.0. The van der Waals surface area contributed by atoms with E-state index in [1.54, 1.807) is 48.5 Å². The van der Waals surface area contributed by atoms with E-state index in [-0.39, 0.29) is 17.9 Å². The Kier molecular flexibility index (Phi) is 7.68. The number of benzene rings is 3. The molecular formula is C25H25ClN2O3. The number of amides is 2. The van der Waals surface area contributed by atoms with E-state index in [2.05, 4.69) is 10.6 Å². The molecule has 3 aromatic rings. The molecule has 6 heteroatoms. The van der Waals surface area contributed by atoms with Crippen molar-refractivity contribution in [2.75, 3.05) is 5.32 Å². The zero-order valence-electron chi connectivity index (χ0n) is 17.5. The molecule has 0 saturated heterocycles. The fraction of sp³-hybridized carbons (Fsp3) is 0.200. The molecule has 0 fully saturated rings. The average Bonchev–Trinajstić information content (AvgIpc) is 2.79. The third-order valence-corrected chi connectivity index (χ3v) is 5.16. The minimum atomic E-state index is -0.751. The molecule has 0 bridgehead atoms. The maximum Gasteiger partial charge on any atom is 0.265 e. The maximum absolute atomic E-state index is 12.9. The number of rotatable bonds is 8. The minimum Gasteiger partial charge on any atom is -0.479 e. The molecule has 3 aromatic carbocycles. The molecule has 0 aromatic heterocycles. The van der Waals surface area contributed by atoms with Crippen LogP contribution in [0.3, 0.4) is 0 Å². The summed E-state index contributed by atoms with van der Waals surface area (Å²) in [6.45, 7) is 3.76. The van der Waals surface area contributed by atoms with Gasteiger partial charge >= 0.3 is 0 Å². The van der Waals surface area contributed by atoms with Gasteiger partial charge in [-0.3, -0.25) is 9.59 Å².